The van der Waals surface area contributed by atoms with E-state index in [0.717, 1.165) is 47.1 Å². The lowest BCUT2D eigenvalue weighted by molar-refractivity contribution is -0.130. The average Bonchev–Trinajstić information content (AvgIpc) is 3.73. The molecule has 57 heavy (non-hydrogen) atoms. The number of rotatable bonds is 12. The molecule has 1 saturated heterocycles. The Morgan fingerprint density at radius 3 is 2.32 bits per heavy atom. The number of benzene rings is 2. The van der Waals surface area contributed by atoms with Gasteiger partial charge < -0.3 is 31.3 Å². The maximum atomic E-state index is 13.8. The van der Waals surface area contributed by atoms with Gasteiger partial charge in [-0.05, 0) is 124 Å². The van der Waals surface area contributed by atoms with Crippen LogP contribution in [-0.2, 0) is 25.5 Å². The molecule has 2 aliphatic rings. The fraction of sp³-hybridized carbons (Fsp3) is 0.439. The highest BCUT2D eigenvalue weighted by Gasteiger charge is 2.31. The first kappa shape index (κ1) is 40.5. The summed E-state index contributed by atoms with van der Waals surface area (Å²) in [5, 5.41) is 28.4. The van der Waals surface area contributed by atoms with E-state index in [9.17, 15) is 24.0 Å². The standard InChI is InChI=1S/C41H50N10O6/c1-24-20-33(38(54)46-32-6-5-19-42-37(32)53)43-23-31(24)27-11-7-25(8-12-27)21-34(39(55)45-30-17-15-28(16-18-30)35-48-50-51-49-35)47-36(52)29-13-9-26(10-14-29)22-44-40(56)57-41(2,3)4/h7-8,11-12,15-18,20,23,26,29,32,34H,5-6,9-10,13-14,19,21-22H2,1-4H3,(H,42,53)(H,44,56)(H,45,55)(H,46,54)(H,47,52)(H,48,49,50,51)/t26?,29?,32?,34-/m0/s1. The van der Waals surface area contributed by atoms with E-state index in [0.29, 0.717) is 43.9 Å². The predicted molar refractivity (Wildman–Crippen MR) is 211 cm³/mol. The molecule has 16 heteroatoms. The largest absolute Gasteiger partial charge is 0.444 e. The van der Waals surface area contributed by atoms with Crippen molar-refractivity contribution in [3.05, 3.63) is 77.6 Å². The maximum absolute atomic E-state index is 13.8. The van der Waals surface area contributed by atoms with Crippen LogP contribution in [0.4, 0.5) is 10.5 Å². The molecule has 1 aliphatic heterocycles. The van der Waals surface area contributed by atoms with E-state index in [4.69, 9.17) is 4.74 Å². The number of aryl methyl sites for hydroxylation is 1. The Balaban J connectivity index is 1.10. The van der Waals surface area contributed by atoms with Crippen molar-refractivity contribution in [1.82, 2.24) is 46.9 Å². The highest BCUT2D eigenvalue weighted by Crippen LogP contribution is 2.29. The number of alkyl carbamates (subject to hydrolysis) is 1. The van der Waals surface area contributed by atoms with E-state index in [-0.39, 0.29) is 41.7 Å². The topological polar surface area (TPSA) is 222 Å². The van der Waals surface area contributed by atoms with Crippen molar-refractivity contribution in [2.45, 2.75) is 90.3 Å². The monoisotopic (exact) mass is 778 g/mol. The van der Waals surface area contributed by atoms with Gasteiger partial charge in [0.25, 0.3) is 5.91 Å². The van der Waals surface area contributed by atoms with Crippen molar-refractivity contribution in [3.63, 3.8) is 0 Å². The first-order chi connectivity index (χ1) is 27.3. The van der Waals surface area contributed by atoms with E-state index in [1.165, 1.54) is 0 Å². The molecular weight excluding hydrogens is 729 g/mol. The minimum absolute atomic E-state index is 0.187. The predicted octanol–water partition coefficient (Wildman–Crippen LogP) is 4.24. The van der Waals surface area contributed by atoms with Crippen LogP contribution in [0.1, 0.15) is 80.9 Å². The van der Waals surface area contributed by atoms with Crippen LogP contribution >= 0.6 is 0 Å². The van der Waals surface area contributed by atoms with Crippen molar-refractivity contribution < 1.29 is 28.7 Å². The summed E-state index contributed by atoms with van der Waals surface area (Å²) in [6.07, 6.45) is 5.60. The Morgan fingerprint density at radius 1 is 0.947 bits per heavy atom. The molecular formula is C41H50N10O6. The Bertz CT molecular complexity index is 2040. The number of carbonyl (C=O) groups is 5. The Morgan fingerprint density at radius 2 is 1.67 bits per heavy atom. The molecule has 6 N–H and O–H groups in total. The first-order valence-electron chi connectivity index (χ1n) is 19.4. The summed E-state index contributed by atoms with van der Waals surface area (Å²) < 4.78 is 5.35. The zero-order valence-electron chi connectivity index (χ0n) is 32.7. The minimum atomic E-state index is -0.876. The van der Waals surface area contributed by atoms with Crippen LogP contribution in [-0.4, -0.2) is 86.1 Å². The summed E-state index contributed by atoms with van der Waals surface area (Å²) in [7, 11) is 0. The SMILES string of the molecule is Cc1cc(C(=O)NC2CCCNC2=O)ncc1-c1ccc(C[C@H](NC(=O)C2CCC(CNC(=O)OC(C)(C)C)CC2)C(=O)Nc2ccc(-c3nn[nH]n3)cc2)cc1. The summed E-state index contributed by atoms with van der Waals surface area (Å²) >= 11 is 0. The third kappa shape index (κ3) is 11.2. The third-order valence-electron chi connectivity index (χ3n) is 10.2. The van der Waals surface area contributed by atoms with E-state index in [2.05, 4.69) is 52.2 Å². The average molecular weight is 779 g/mol. The summed E-state index contributed by atoms with van der Waals surface area (Å²) in [5.41, 5.74) is 4.28. The molecule has 2 aromatic carbocycles. The lowest BCUT2D eigenvalue weighted by atomic mass is 9.81. The summed E-state index contributed by atoms with van der Waals surface area (Å²) in [5.74, 6) is -0.760. The van der Waals surface area contributed by atoms with Gasteiger partial charge in [-0.3, -0.25) is 24.2 Å². The maximum Gasteiger partial charge on any atom is 0.407 e. The number of hydrogen-bond donors (Lipinski definition) is 6. The van der Waals surface area contributed by atoms with E-state index < -0.39 is 29.7 Å². The highest BCUT2D eigenvalue weighted by atomic mass is 16.6. The van der Waals surface area contributed by atoms with Gasteiger partial charge in [-0.1, -0.05) is 24.3 Å². The van der Waals surface area contributed by atoms with Crippen LogP contribution in [0.25, 0.3) is 22.5 Å². The summed E-state index contributed by atoms with van der Waals surface area (Å²) in [6, 6.07) is 14.9. The number of pyridine rings is 1. The molecule has 16 nitrogen and oxygen atoms in total. The number of ether oxygens (including phenoxy) is 1. The molecule has 2 atom stereocenters. The van der Waals surface area contributed by atoms with Gasteiger partial charge >= 0.3 is 6.09 Å². The fourth-order valence-electron chi connectivity index (χ4n) is 7.07. The number of H-pyrrole nitrogens is 1. The van der Waals surface area contributed by atoms with Gasteiger partial charge in [0.2, 0.25) is 23.5 Å². The Hall–Kier alpha value is -6.19. The van der Waals surface area contributed by atoms with Gasteiger partial charge in [-0.25, -0.2) is 4.79 Å². The number of anilines is 1. The fourth-order valence-corrected chi connectivity index (χ4v) is 7.07. The molecule has 5 amide bonds. The molecule has 0 radical (unpaired) electrons. The molecule has 3 heterocycles. The second kappa shape index (κ2) is 18.2. The molecule has 2 fully saturated rings. The van der Waals surface area contributed by atoms with Crippen molar-refractivity contribution in [1.29, 1.82) is 0 Å². The van der Waals surface area contributed by atoms with Gasteiger partial charge in [0.1, 0.15) is 23.4 Å². The van der Waals surface area contributed by atoms with Crippen LogP contribution in [0.5, 0.6) is 0 Å². The van der Waals surface area contributed by atoms with Crippen LogP contribution < -0.4 is 26.6 Å². The molecule has 4 aromatic rings. The van der Waals surface area contributed by atoms with Gasteiger partial charge in [-0.2, -0.15) is 5.21 Å². The number of amides is 5. The molecule has 0 bridgehead atoms. The van der Waals surface area contributed by atoms with E-state index in [1.54, 1.807) is 36.5 Å². The number of aromatic nitrogens is 5. The third-order valence-corrected chi connectivity index (χ3v) is 10.2. The molecule has 2 aromatic heterocycles. The first-order valence-corrected chi connectivity index (χ1v) is 19.4. The van der Waals surface area contributed by atoms with Crippen LogP contribution in [0, 0.1) is 18.8 Å². The number of hydrogen-bond acceptors (Lipinski definition) is 10. The van der Waals surface area contributed by atoms with Gasteiger partial charge in [0.05, 0.1) is 0 Å². The quantitative estimate of drug-likeness (QED) is 0.120. The van der Waals surface area contributed by atoms with E-state index >= 15 is 0 Å². The number of piperidine rings is 1. The number of tetrazole rings is 1. The number of aromatic amines is 1. The lowest BCUT2D eigenvalue weighted by Gasteiger charge is -2.29. The van der Waals surface area contributed by atoms with E-state index in [1.807, 2.05) is 52.0 Å². The summed E-state index contributed by atoms with van der Waals surface area (Å²) in [6.45, 7) is 8.43. The molecule has 0 spiro atoms. The number of nitrogens with zero attached hydrogens (tertiary/aromatic N) is 4. The van der Waals surface area contributed by atoms with Crippen molar-refractivity contribution in [2.24, 2.45) is 11.8 Å². The smallest absolute Gasteiger partial charge is 0.407 e. The second-order valence-corrected chi connectivity index (χ2v) is 15.7. The van der Waals surface area contributed by atoms with Gasteiger partial charge in [0.15, 0.2) is 0 Å². The van der Waals surface area contributed by atoms with Gasteiger partial charge in [0, 0.05) is 48.4 Å². The molecule has 1 aliphatic carbocycles. The van der Waals surface area contributed by atoms with Crippen LogP contribution in [0.2, 0.25) is 0 Å². The second-order valence-electron chi connectivity index (χ2n) is 15.7. The highest BCUT2D eigenvalue weighted by molar-refractivity contribution is 5.98. The van der Waals surface area contributed by atoms with Crippen LogP contribution in [0.15, 0.2) is 60.8 Å². The van der Waals surface area contributed by atoms with Gasteiger partial charge in [-0.15, -0.1) is 10.2 Å². The normalized spacial score (nSPS) is 18.7. The molecule has 1 saturated carbocycles. The molecule has 300 valence electrons. The zero-order valence-corrected chi connectivity index (χ0v) is 32.7. The number of nitrogens with one attached hydrogen (secondary N) is 6. The minimum Gasteiger partial charge on any atom is -0.444 e. The number of carbonyl (C=O) groups excluding carboxylic acids is 5. The molecule has 6 rings (SSSR count). The van der Waals surface area contributed by atoms with Crippen molar-refractivity contribution >= 4 is 35.4 Å². The Labute approximate surface area is 331 Å². The Kier molecular flexibility index (Phi) is 12.9. The zero-order chi connectivity index (χ0) is 40.5. The van der Waals surface area contributed by atoms with Crippen LogP contribution in [0.3, 0.4) is 0 Å². The van der Waals surface area contributed by atoms with Crippen molar-refractivity contribution in [2.75, 3.05) is 18.4 Å². The lowest BCUT2D eigenvalue weighted by Crippen LogP contribution is -2.50. The molecule has 1 unspecified atom stereocenters. The van der Waals surface area contributed by atoms with Crippen molar-refractivity contribution in [3.8, 4) is 22.5 Å². The summed E-state index contributed by atoms with van der Waals surface area (Å²) in [4.78, 5) is 69.0.